The first-order valence-electron chi connectivity index (χ1n) is 6.77. The summed E-state index contributed by atoms with van der Waals surface area (Å²) >= 11 is 3.43. The van der Waals surface area contributed by atoms with Crippen molar-refractivity contribution >= 4 is 27.6 Å². The van der Waals surface area contributed by atoms with Gasteiger partial charge in [0, 0.05) is 23.2 Å². The van der Waals surface area contributed by atoms with Crippen LogP contribution < -0.4 is 5.32 Å². The van der Waals surface area contributed by atoms with Crippen molar-refractivity contribution in [2.45, 2.75) is 27.2 Å². The maximum absolute atomic E-state index is 12.3. The number of rotatable bonds is 1. The van der Waals surface area contributed by atoms with E-state index in [-0.39, 0.29) is 6.03 Å². The number of aryl methyl sites for hydroxylation is 1. The fraction of sp³-hybridized carbons (Fsp3) is 0.533. The van der Waals surface area contributed by atoms with Crippen LogP contribution in [0.5, 0.6) is 0 Å². The van der Waals surface area contributed by atoms with Crippen LogP contribution in [-0.2, 0) is 0 Å². The van der Waals surface area contributed by atoms with E-state index in [2.05, 4.69) is 35.1 Å². The third-order valence-corrected chi connectivity index (χ3v) is 4.08. The Kier molecular flexibility index (Phi) is 4.50. The monoisotopic (exact) mass is 324 g/mol. The number of nitrogens with one attached hydrogen (secondary N) is 1. The third kappa shape index (κ3) is 3.72. The Labute approximate surface area is 123 Å². The van der Waals surface area contributed by atoms with Crippen LogP contribution in [0.15, 0.2) is 22.7 Å². The number of likely N-dealkylation sites (tertiary alicyclic amines) is 1. The highest BCUT2D eigenvalue weighted by Crippen LogP contribution is 2.23. The number of anilines is 1. The molecule has 0 radical (unpaired) electrons. The van der Waals surface area contributed by atoms with Gasteiger partial charge in [-0.1, -0.05) is 29.8 Å². The maximum Gasteiger partial charge on any atom is 0.321 e. The molecule has 0 aliphatic carbocycles. The summed E-state index contributed by atoms with van der Waals surface area (Å²) in [6, 6.07) is 5.92. The first kappa shape index (κ1) is 14.4. The molecule has 0 spiro atoms. The van der Waals surface area contributed by atoms with Crippen molar-refractivity contribution in [3.05, 3.63) is 28.2 Å². The summed E-state index contributed by atoms with van der Waals surface area (Å²) in [4.78, 5) is 14.2. The molecule has 3 nitrogen and oxygen atoms in total. The fourth-order valence-corrected chi connectivity index (χ4v) is 3.27. The topological polar surface area (TPSA) is 32.3 Å². The Morgan fingerprint density at radius 1 is 1.32 bits per heavy atom. The molecule has 2 unspecified atom stereocenters. The fourth-order valence-electron chi connectivity index (χ4n) is 2.79. The molecule has 1 saturated heterocycles. The average molecular weight is 325 g/mol. The summed E-state index contributed by atoms with van der Waals surface area (Å²) in [5, 5.41) is 3.01. The molecule has 0 saturated carbocycles. The van der Waals surface area contributed by atoms with Crippen LogP contribution in [0.25, 0.3) is 0 Å². The van der Waals surface area contributed by atoms with E-state index in [1.54, 1.807) is 0 Å². The lowest BCUT2D eigenvalue weighted by Gasteiger charge is -2.35. The smallest absolute Gasteiger partial charge is 0.321 e. The second-order valence-corrected chi connectivity index (χ2v) is 6.66. The molecular formula is C15H21BrN2O. The number of amides is 2. The summed E-state index contributed by atoms with van der Waals surface area (Å²) in [6.07, 6.45) is 1.21. The minimum Gasteiger partial charge on any atom is -0.324 e. The van der Waals surface area contributed by atoms with Gasteiger partial charge in [0.25, 0.3) is 0 Å². The predicted molar refractivity (Wildman–Crippen MR) is 82.4 cm³/mol. The molecular weight excluding hydrogens is 304 g/mol. The molecule has 1 aliphatic rings. The Morgan fingerprint density at radius 2 is 1.95 bits per heavy atom. The Hall–Kier alpha value is -1.03. The molecule has 2 atom stereocenters. The molecule has 1 aliphatic heterocycles. The summed E-state index contributed by atoms with van der Waals surface area (Å²) in [6.45, 7) is 8.13. The SMILES string of the molecule is Cc1cc(Br)ccc1NC(=O)N1CC(C)CC(C)C1. The number of halogens is 1. The van der Waals surface area contributed by atoms with E-state index in [4.69, 9.17) is 0 Å². The molecule has 1 aromatic rings. The van der Waals surface area contributed by atoms with Crippen molar-refractivity contribution in [3.8, 4) is 0 Å². The zero-order valence-electron chi connectivity index (χ0n) is 11.7. The van der Waals surface area contributed by atoms with Crippen molar-refractivity contribution in [1.29, 1.82) is 0 Å². The first-order valence-corrected chi connectivity index (χ1v) is 7.57. The average Bonchev–Trinajstić information content (AvgIpc) is 2.31. The largest absolute Gasteiger partial charge is 0.324 e. The number of piperidine rings is 1. The quantitative estimate of drug-likeness (QED) is 0.822. The number of nitrogens with zero attached hydrogens (tertiary/aromatic N) is 1. The van der Waals surface area contributed by atoms with Gasteiger partial charge in [0.05, 0.1) is 0 Å². The van der Waals surface area contributed by atoms with Gasteiger partial charge in [0.1, 0.15) is 0 Å². The molecule has 104 valence electrons. The van der Waals surface area contributed by atoms with Gasteiger partial charge in [0.15, 0.2) is 0 Å². The Morgan fingerprint density at radius 3 is 2.53 bits per heavy atom. The minimum atomic E-state index is 0.0174. The lowest BCUT2D eigenvalue weighted by Crippen LogP contribution is -2.44. The zero-order valence-corrected chi connectivity index (χ0v) is 13.3. The molecule has 1 fully saturated rings. The van der Waals surface area contributed by atoms with Crippen molar-refractivity contribution in [2.24, 2.45) is 11.8 Å². The van der Waals surface area contributed by atoms with Crippen LogP contribution in [0.1, 0.15) is 25.8 Å². The van der Waals surface area contributed by atoms with Gasteiger partial charge < -0.3 is 10.2 Å². The van der Waals surface area contributed by atoms with Gasteiger partial charge in [-0.05, 0) is 48.9 Å². The minimum absolute atomic E-state index is 0.0174. The molecule has 19 heavy (non-hydrogen) atoms. The van der Waals surface area contributed by atoms with Crippen LogP contribution in [0.4, 0.5) is 10.5 Å². The van der Waals surface area contributed by atoms with Crippen molar-refractivity contribution < 1.29 is 4.79 Å². The van der Waals surface area contributed by atoms with Gasteiger partial charge in [-0.2, -0.15) is 0 Å². The number of benzene rings is 1. The van der Waals surface area contributed by atoms with Crippen LogP contribution in [0.2, 0.25) is 0 Å². The van der Waals surface area contributed by atoms with Crippen LogP contribution >= 0.6 is 15.9 Å². The van der Waals surface area contributed by atoms with E-state index in [1.165, 1.54) is 6.42 Å². The zero-order chi connectivity index (χ0) is 14.0. The Bertz CT molecular complexity index is 465. The van der Waals surface area contributed by atoms with Crippen molar-refractivity contribution in [2.75, 3.05) is 18.4 Å². The lowest BCUT2D eigenvalue weighted by atomic mass is 9.92. The highest BCUT2D eigenvalue weighted by Gasteiger charge is 2.25. The third-order valence-electron chi connectivity index (χ3n) is 3.59. The molecule has 1 aromatic carbocycles. The number of urea groups is 1. The highest BCUT2D eigenvalue weighted by molar-refractivity contribution is 9.10. The highest BCUT2D eigenvalue weighted by atomic mass is 79.9. The van der Waals surface area contributed by atoms with E-state index in [1.807, 2.05) is 30.0 Å². The van der Waals surface area contributed by atoms with E-state index >= 15 is 0 Å². The summed E-state index contributed by atoms with van der Waals surface area (Å²) in [5.41, 5.74) is 1.96. The molecule has 0 aromatic heterocycles. The molecule has 2 rings (SSSR count). The van der Waals surface area contributed by atoms with E-state index < -0.39 is 0 Å². The first-order chi connectivity index (χ1) is 8.95. The molecule has 0 bridgehead atoms. The van der Waals surface area contributed by atoms with Crippen molar-refractivity contribution in [3.63, 3.8) is 0 Å². The van der Waals surface area contributed by atoms with Crippen LogP contribution in [-0.4, -0.2) is 24.0 Å². The van der Waals surface area contributed by atoms with Gasteiger partial charge in [-0.3, -0.25) is 0 Å². The lowest BCUT2D eigenvalue weighted by molar-refractivity contribution is 0.156. The number of carbonyl (C=O) groups excluding carboxylic acids is 1. The normalized spacial score (nSPS) is 23.3. The second kappa shape index (κ2) is 5.95. The second-order valence-electron chi connectivity index (χ2n) is 5.74. The summed E-state index contributed by atoms with van der Waals surface area (Å²) in [5.74, 6) is 1.17. The predicted octanol–water partition coefficient (Wildman–Crippen LogP) is 4.27. The summed E-state index contributed by atoms with van der Waals surface area (Å²) < 4.78 is 1.03. The number of carbonyl (C=O) groups is 1. The number of hydrogen-bond acceptors (Lipinski definition) is 1. The van der Waals surface area contributed by atoms with Gasteiger partial charge in [-0.15, -0.1) is 0 Å². The van der Waals surface area contributed by atoms with Gasteiger partial charge >= 0.3 is 6.03 Å². The Balaban J connectivity index is 2.04. The molecule has 2 amide bonds. The van der Waals surface area contributed by atoms with Crippen LogP contribution in [0, 0.1) is 18.8 Å². The summed E-state index contributed by atoms with van der Waals surface area (Å²) in [7, 11) is 0. The van der Waals surface area contributed by atoms with Crippen molar-refractivity contribution in [1.82, 2.24) is 4.90 Å². The standard InChI is InChI=1S/C15H21BrN2O/c1-10-6-11(2)9-18(8-10)15(19)17-14-5-4-13(16)7-12(14)3/h4-5,7,10-11H,6,8-9H2,1-3H3,(H,17,19). The molecule has 1 N–H and O–H groups in total. The van der Waals surface area contributed by atoms with E-state index in [9.17, 15) is 4.79 Å². The number of hydrogen-bond donors (Lipinski definition) is 1. The van der Waals surface area contributed by atoms with Gasteiger partial charge in [-0.25, -0.2) is 4.79 Å². The molecule has 4 heteroatoms. The maximum atomic E-state index is 12.3. The van der Waals surface area contributed by atoms with E-state index in [0.29, 0.717) is 11.8 Å². The van der Waals surface area contributed by atoms with E-state index in [0.717, 1.165) is 28.8 Å². The van der Waals surface area contributed by atoms with Crippen LogP contribution in [0.3, 0.4) is 0 Å². The van der Waals surface area contributed by atoms with Gasteiger partial charge in [0.2, 0.25) is 0 Å². The molecule has 1 heterocycles.